The molecule has 1 aliphatic heterocycles. The van der Waals surface area contributed by atoms with Gasteiger partial charge in [-0.1, -0.05) is 12.1 Å². The Morgan fingerprint density at radius 1 is 1.18 bits per heavy atom. The monoisotopic (exact) mass is 398 g/mol. The molecule has 146 valence electrons. The van der Waals surface area contributed by atoms with Crippen molar-refractivity contribution in [3.63, 3.8) is 0 Å². The van der Waals surface area contributed by atoms with Crippen LogP contribution < -0.4 is 5.32 Å². The molecule has 0 saturated carbocycles. The molecule has 0 unspecified atom stereocenters. The summed E-state index contributed by atoms with van der Waals surface area (Å²) >= 11 is 1.58. The van der Waals surface area contributed by atoms with Crippen LogP contribution in [-0.4, -0.2) is 23.9 Å². The first-order chi connectivity index (χ1) is 13.5. The lowest BCUT2D eigenvalue weighted by molar-refractivity contribution is 0.0997. The van der Waals surface area contributed by atoms with Crippen molar-refractivity contribution in [1.82, 2.24) is 4.90 Å². The topological polar surface area (TPSA) is 45.5 Å². The largest absolute Gasteiger partial charge is 0.459 e. The summed E-state index contributed by atoms with van der Waals surface area (Å²) in [5.74, 6) is -0.213. The van der Waals surface area contributed by atoms with E-state index >= 15 is 0 Å². The molecule has 1 saturated heterocycles. The number of hydrogen-bond donors (Lipinski definition) is 1. The minimum absolute atomic E-state index is 0.0139. The summed E-state index contributed by atoms with van der Waals surface area (Å²) < 4.78 is 18.8. The Morgan fingerprint density at radius 2 is 1.89 bits per heavy atom. The van der Waals surface area contributed by atoms with E-state index in [0.29, 0.717) is 0 Å². The average Bonchev–Trinajstić information content (AvgIpc) is 3.43. The lowest BCUT2D eigenvalue weighted by Crippen LogP contribution is -2.28. The first kappa shape index (κ1) is 18.9. The van der Waals surface area contributed by atoms with E-state index in [-0.39, 0.29) is 23.5 Å². The first-order valence-corrected chi connectivity index (χ1v) is 10.3. The second-order valence-corrected chi connectivity index (χ2v) is 8.38. The van der Waals surface area contributed by atoms with Gasteiger partial charge in [0.25, 0.3) is 5.91 Å². The van der Waals surface area contributed by atoms with Gasteiger partial charge < -0.3 is 9.73 Å². The van der Waals surface area contributed by atoms with E-state index in [4.69, 9.17) is 4.42 Å². The highest BCUT2D eigenvalue weighted by molar-refractivity contribution is 7.16. The highest BCUT2D eigenvalue weighted by Gasteiger charge is 2.31. The molecule has 4 rings (SSSR count). The Bertz CT molecular complexity index is 957. The lowest BCUT2D eigenvalue weighted by atomic mass is 9.95. The zero-order valence-corrected chi connectivity index (χ0v) is 16.8. The minimum atomic E-state index is -0.258. The van der Waals surface area contributed by atoms with E-state index in [1.807, 2.05) is 12.1 Å². The summed E-state index contributed by atoms with van der Waals surface area (Å²) in [5, 5.41) is 3.88. The molecule has 1 N–H and O–H groups in total. The van der Waals surface area contributed by atoms with Gasteiger partial charge in [-0.25, -0.2) is 4.39 Å². The number of likely N-dealkylation sites (tertiary alicyclic amines) is 1. The van der Waals surface area contributed by atoms with Crippen LogP contribution in [0.5, 0.6) is 0 Å². The van der Waals surface area contributed by atoms with E-state index in [1.165, 1.54) is 24.0 Å². The van der Waals surface area contributed by atoms with E-state index in [9.17, 15) is 9.18 Å². The third-order valence-electron chi connectivity index (χ3n) is 5.37. The Balaban J connectivity index is 1.77. The fraction of sp³-hybridized carbons (Fsp3) is 0.318. The molecule has 0 aliphatic carbocycles. The average molecular weight is 399 g/mol. The normalized spacial score (nSPS) is 15.7. The number of aryl methyl sites for hydroxylation is 1. The molecule has 0 spiro atoms. The molecular weight excluding hydrogens is 375 g/mol. The van der Waals surface area contributed by atoms with Gasteiger partial charge >= 0.3 is 0 Å². The molecule has 0 radical (unpaired) electrons. The summed E-state index contributed by atoms with van der Waals surface area (Å²) in [7, 11) is 0. The van der Waals surface area contributed by atoms with E-state index in [1.54, 1.807) is 23.5 Å². The van der Waals surface area contributed by atoms with Gasteiger partial charge in [0, 0.05) is 10.4 Å². The van der Waals surface area contributed by atoms with Crippen LogP contribution in [0.25, 0.3) is 0 Å². The van der Waals surface area contributed by atoms with Crippen molar-refractivity contribution >= 4 is 22.2 Å². The predicted molar refractivity (Wildman–Crippen MR) is 110 cm³/mol. The third-order valence-corrected chi connectivity index (χ3v) is 6.51. The van der Waals surface area contributed by atoms with Gasteiger partial charge in [0.15, 0.2) is 5.76 Å². The number of carbonyl (C=O) groups excluding carboxylic acids is 1. The van der Waals surface area contributed by atoms with E-state index in [2.05, 4.69) is 24.1 Å². The maximum atomic E-state index is 13.5. The second-order valence-electron chi connectivity index (χ2n) is 7.15. The molecule has 1 aliphatic rings. The number of furan rings is 1. The van der Waals surface area contributed by atoms with Gasteiger partial charge in [0.2, 0.25) is 0 Å². The summed E-state index contributed by atoms with van der Waals surface area (Å²) in [6.07, 6.45) is 3.79. The summed E-state index contributed by atoms with van der Waals surface area (Å²) in [4.78, 5) is 16.2. The molecule has 1 amide bonds. The fourth-order valence-corrected chi connectivity index (χ4v) is 4.93. The Labute approximate surface area is 168 Å². The number of hydrogen-bond acceptors (Lipinski definition) is 4. The fourth-order valence-electron chi connectivity index (χ4n) is 3.84. The van der Waals surface area contributed by atoms with Crippen LogP contribution in [0, 0.1) is 19.7 Å². The molecule has 0 bridgehead atoms. The number of carbonyl (C=O) groups is 1. The number of anilines is 1. The summed E-state index contributed by atoms with van der Waals surface area (Å²) in [6.45, 7) is 6.14. The van der Waals surface area contributed by atoms with Crippen LogP contribution in [0.3, 0.4) is 0 Å². The van der Waals surface area contributed by atoms with Crippen molar-refractivity contribution in [2.75, 3.05) is 18.4 Å². The standard InChI is InChI=1S/C22H23FN2O2S/c1-14-15(2)28-22(24-21(26)18-6-5-13-27-18)19(14)20(25-11-3-4-12-25)16-7-9-17(23)10-8-16/h5-10,13,20H,3-4,11-12H2,1-2H3,(H,24,26)/t20-/m1/s1. The van der Waals surface area contributed by atoms with Gasteiger partial charge in [-0.3, -0.25) is 9.69 Å². The Kier molecular flexibility index (Phi) is 5.33. The van der Waals surface area contributed by atoms with E-state index < -0.39 is 0 Å². The summed E-state index contributed by atoms with van der Waals surface area (Å²) in [5.41, 5.74) is 3.30. The number of thiophene rings is 1. The van der Waals surface area contributed by atoms with Gasteiger partial charge in [0.05, 0.1) is 12.3 Å². The smallest absolute Gasteiger partial charge is 0.291 e. The molecule has 3 heterocycles. The quantitative estimate of drug-likeness (QED) is 0.614. The molecule has 6 heteroatoms. The van der Waals surface area contributed by atoms with Crippen molar-refractivity contribution in [3.05, 3.63) is 75.8 Å². The maximum absolute atomic E-state index is 13.5. The van der Waals surface area contributed by atoms with Crippen molar-refractivity contribution in [2.45, 2.75) is 32.7 Å². The van der Waals surface area contributed by atoms with Crippen molar-refractivity contribution in [2.24, 2.45) is 0 Å². The molecule has 4 nitrogen and oxygen atoms in total. The Morgan fingerprint density at radius 3 is 2.54 bits per heavy atom. The maximum Gasteiger partial charge on any atom is 0.291 e. The van der Waals surface area contributed by atoms with Gasteiger partial charge in [0.1, 0.15) is 10.8 Å². The first-order valence-electron chi connectivity index (χ1n) is 9.49. The third kappa shape index (κ3) is 3.62. The zero-order chi connectivity index (χ0) is 19.7. The number of rotatable bonds is 5. The van der Waals surface area contributed by atoms with Gasteiger partial charge in [-0.05, 0) is 75.2 Å². The van der Waals surface area contributed by atoms with Crippen LogP contribution in [-0.2, 0) is 0 Å². The van der Waals surface area contributed by atoms with Crippen LogP contribution in [0.15, 0.2) is 47.1 Å². The van der Waals surface area contributed by atoms with Gasteiger partial charge in [-0.2, -0.15) is 0 Å². The van der Waals surface area contributed by atoms with Crippen LogP contribution >= 0.6 is 11.3 Å². The van der Waals surface area contributed by atoms with Crippen LogP contribution in [0.1, 0.15) is 51.0 Å². The van der Waals surface area contributed by atoms with Crippen LogP contribution in [0.2, 0.25) is 0 Å². The molecule has 1 fully saturated rings. The number of nitrogens with zero attached hydrogens (tertiary/aromatic N) is 1. The Hall–Kier alpha value is -2.44. The number of halogens is 1. The number of amides is 1. The van der Waals surface area contributed by atoms with Crippen molar-refractivity contribution in [3.8, 4) is 0 Å². The molecule has 1 atom stereocenters. The molecule has 28 heavy (non-hydrogen) atoms. The highest BCUT2D eigenvalue weighted by Crippen LogP contribution is 2.43. The SMILES string of the molecule is Cc1sc(NC(=O)c2ccco2)c([C@@H](c2ccc(F)cc2)N2CCCC2)c1C. The van der Waals surface area contributed by atoms with Crippen LogP contribution in [0.4, 0.5) is 9.39 Å². The number of benzene rings is 1. The molecular formula is C22H23FN2O2S. The molecule has 1 aromatic carbocycles. The lowest BCUT2D eigenvalue weighted by Gasteiger charge is -2.29. The zero-order valence-electron chi connectivity index (χ0n) is 16.0. The van der Waals surface area contributed by atoms with Crippen molar-refractivity contribution in [1.29, 1.82) is 0 Å². The van der Waals surface area contributed by atoms with Gasteiger partial charge in [-0.15, -0.1) is 11.3 Å². The second kappa shape index (κ2) is 7.89. The highest BCUT2D eigenvalue weighted by atomic mass is 32.1. The molecule has 3 aromatic rings. The predicted octanol–water partition coefficient (Wildman–Crippen LogP) is 5.53. The van der Waals surface area contributed by atoms with Crippen molar-refractivity contribution < 1.29 is 13.6 Å². The molecule has 2 aromatic heterocycles. The summed E-state index contributed by atoms with van der Waals surface area (Å²) in [6, 6.07) is 10.1. The van der Waals surface area contributed by atoms with E-state index in [0.717, 1.165) is 46.9 Å². The number of nitrogens with one attached hydrogen (secondary N) is 1. The minimum Gasteiger partial charge on any atom is -0.459 e.